The van der Waals surface area contributed by atoms with E-state index >= 15 is 0 Å². The standard InChI is InChI=1S/C9P2/c10-8-6-4-2-1-3-5-7-9-11. The van der Waals surface area contributed by atoms with Crippen molar-refractivity contribution in [2.75, 3.05) is 0 Å². The molecular formula is C9P2. The minimum atomic E-state index is 2.31. The first-order chi connectivity index (χ1) is 5.41. The Kier molecular flexibility index (Phi) is 7.76. The second-order valence-corrected chi connectivity index (χ2v) is 1.55. The molecule has 0 unspecified atom stereocenters. The Morgan fingerprint density at radius 2 is 1.64 bits per heavy atom. The second-order valence-electron chi connectivity index (χ2n) is 1.10. The van der Waals surface area contributed by atoms with E-state index in [1.807, 2.05) is 0 Å². The Bertz CT molecular complexity index is 420. The molecule has 0 aliphatic carbocycles. The van der Waals surface area contributed by atoms with Crippen LogP contribution in [0.5, 0.6) is 0 Å². The molecule has 0 bridgehead atoms. The molecule has 0 N–H and O–H groups in total. The van der Waals surface area contributed by atoms with Crippen molar-refractivity contribution in [3.05, 3.63) is 40.5 Å². The van der Waals surface area contributed by atoms with Crippen LogP contribution in [-0.2, 0) is 0 Å². The molecule has 0 aromatic heterocycles. The summed E-state index contributed by atoms with van der Waals surface area (Å²) >= 11 is 0. The number of rotatable bonds is 0. The second kappa shape index (κ2) is 8.75. The molecule has 0 amide bonds. The molecule has 0 aliphatic rings. The van der Waals surface area contributed by atoms with E-state index in [-0.39, 0.29) is 0 Å². The summed E-state index contributed by atoms with van der Waals surface area (Å²) in [6.45, 7) is 0. The first-order valence-electron chi connectivity index (χ1n) is 2.45. The Morgan fingerprint density at radius 1 is 1.00 bits per heavy atom. The van der Waals surface area contributed by atoms with Gasteiger partial charge in [0.25, 0.3) is 0 Å². The van der Waals surface area contributed by atoms with Crippen molar-refractivity contribution in [1.82, 2.24) is 0 Å². The molecule has 0 rings (SSSR count). The zero-order chi connectivity index (χ0) is 8.36. The number of hydrogen-bond acceptors (Lipinski definition) is 0. The van der Waals surface area contributed by atoms with Gasteiger partial charge in [-0.05, 0) is 0 Å². The Balaban J connectivity index is 5.08. The van der Waals surface area contributed by atoms with Crippen molar-refractivity contribution in [1.29, 1.82) is 0 Å². The Morgan fingerprint density at radius 3 is 2.27 bits per heavy atom. The molecule has 0 spiro atoms. The van der Waals surface area contributed by atoms with Gasteiger partial charge in [-0.25, -0.2) is 0 Å². The maximum absolute atomic E-state index is 3.62. The van der Waals surface area contributed by atoms with E-state index in [2.05, 4.69) is 69.1 Å². The summed E-state index contributed by atoms with van der Waals surface area (Å²) in [5, 5.41) is 0. The van der Waals surface area contributed by atoms with E-state index in [9.17, 15) is 0 Å². The van der Waals surface area contributed by atoms with Gasteiger partial charge >= 0.3 is 69.1 Å². The molecule has 0 saturated carbocycles. The molecule has 2 heteroatoms. The minimum absolute atomic E-state index is 2.31. The number of hydrogen-bond donors (Lipinski definition) is 0. The van der Waals surface area contributed by atoms with Crippen LogP contribution in [0.1, 0.15) is 0 Å². The predicted molar refractivity (Wildman–Crippen MR) is 47.1 cm³/mol. The summed E-state index contributed by atoms with van der Waals surface area (Å²) in [6, 6.07) is 0. The van der Waals surface area contributed by atoms with Gasteiger partial charge in [0.05, 0.1) is 0 Å². The zero-order valence-electron chi connectivity index (χ0n) is 5.39. The monoisotopic (exact) mass is 170 g/mol. The average molecular weight is 170 g/mol. The van der Waals surface area contributed by atoms with Gasteiger partial charge in [-0.3, -0.25) is 0 Å². The molecule has 0 aliphatic heterocycles. The van der Waals surface area contributed by atoms with Gasteiger partial charge in [-0.2, -0.15) is 0 Å². The fourth-order valence-electron chi connectivity index (χ4n) is 0.212. The molecule has 46 valence electrons. The van der Waals surface area contributed by atoms with Crippen LogP contribution in [0.2, 0.25) is 0 Å². The third kappa shape index (κ3) is 8.75. The molecular weight excluding hydrogens is 170 g/mol. The molecule has 0 atom stereocenters. The molecule has 0 fully saturated rings. The van der Waals surface area contributed by atoms with Crippen LogP contribution < -0.4 is 0 Å². The summed E-state index contributed by atoms with van der Waals surface area (Å²) in [5.74, 6) is 0. The summed E-state index contributed by atoms with van der Waals surface area (Å²) in [5.41, 5.74) is 19.3. The molecule has 0 heterocycles. The van der Waals surface area contributed by atoms with Crippen LogP contribution in [0, 0.1) is 11.7 Å². The van der Waals surface area contributed by atoms with Crippen LogP contribution in [0.25, 0.3) is 0 Å². The fourth-order valence-corrected chi connectivity index (χ4v) is 0.324. The summed E-state index contributed by atoms with van der Waals surface area (Å²) in [7, 11) is 7.24. The van der Waals surface area contributed by atoms with Crippen molar-refractivity contribution in [2.24, 2.45) is 0 Å². The van der Waals surface area contributed by atoms with Gasteiger partial charge in [-0.15, -0.1) is 0 Å². The van der Waals surface area contributed by atoms with Gasteiger partial charge in [-0.1, -0.05) is 0 Å². The van der Waals surface area contributed by atoms with Crippen LogP contribution in [-0.4, -0.2) is 5.45 Å². The van der Waals surface area contributed by atoms with Crippen molar-refractivity contribution in [3.8, 4) is 5.63 Å². The van der Waals surface area contributed by atoms with E-state index in [0.717, 1.165) is 0 Å². The first-order valence-corrected chi connectivity index (χ1v) is 3.34. The van der Waals surface area contributed by atoms with Crippen molar-refractivity contribution < 1.29 is 0 Å². The first kappa shape index (κ1) is 9.75. The molecule has 0 aromatic carbocycles. The van der Waals surface area contributed by atoms with Crippen LogP contribution in [0.3, 0.4) is 0 Å². The third-order valence-electron chi connectivity index (χ3n) is 0.487. The van der Waals surface area contributed by atoms with Crippen molar-refractivity contribution in [2.45, 2.75) is 0 Å². The number of allylic oxidation sites excluding steroid dienone is 1. The normalized spacial score (nSPS) is 3.55. The van der Waals surface area contributed by atoms with E-state index < -0.39 is 0 Å². The van der Waals surface area contributed by atoms with Crippen molar-refractivity contribution in [3.63, 3.8) is 0 Å². The van der Waals surface area contributed by atoms with Crippen LogP contribution in [0.15, 0.2) is 34.4 Å². The average Bonchev–Trinajstić information content (AvgIpc) is 2.03. The van der Waals surface area contributed by atoms with Gasteiger partial charge in [0.1, 0.15) is 0 Å². The Hall–Kier alpha value is -1.25. The third-order valence-corrected chi connectivity index (χ3v) is 0.710. The van der Waals surface area contributed by atoms with Crippen molar-refractivity contribution >= 4 is 23.0 Å². The van der Waals surface area contributed by atoms with Gasteiger partial charge in [0, 0.05) is 0 Å². The van der Waals surface area contributed by atoms with Gasteiger partial charge < -0.3 is 0 Å². The maximum atomic E-state index is 3.62. The topological polar surface area (TPSA) is 0 Å². The predicted octanol–water partition coefficient (Wildman–Crippen LogP) is 2.46. The zero-order valence-corrected chi connectivity index (χ0v) is 7.18. The Labute approximate surface area is 69.7 Å². The van der Waals surface area contributed by atoms with Crippen LogP contribution >= 0.6 is 17.6 Å². The molecule has 0 saturated heterocycles. The summed E-state index contributed by atoms with van der Waals surface area (Å²) in [4.78, 5) is 0. The summed E-state index contributed by atoms with van der Waals surface area (Å²) < 4.78 is 0. The van der Waals surface area contributed by atoms with E-state index in [0.29, 0.717) is 0 Å². The molecule has 0 nitrogen and oxygen atoms in total. The van der Waals surface area contributed by atoms with E-state index in [1.54, 1.807) is 0 Å². The molecule has 11 heavy (non-hydrogen) atoms. The van der Waals surface area contributed by atoms with E-state index in [1.165, 1.54) is 0 Å². The fraction of sp³-hybridized carbons (Fsp3) is 0. The van der Waals surface area contributed by atoms with Crippen LogP contribution in [0.4, 0.5) is 0 Å². The van der Waals surface area contributed by atoms with E-state index in [4.69, 9.17) is 0 Å². The SMILES string of the molecule is P#C[C+]=C=C=C=C=C=C=C=[P-]. The molecule has 0 radical (unpaired) electrons. The molecule has 0 aromatic rings. The van der Waals surface area contributed by atoms with Gasteiger partial charge in [0.2, 0.25) is 0 Å². The summed E-state index contributed by atoms with van der Waals surface area (Å²) in [6.07, 6.45) is 2.41. The quantitative estimate of drug-likeness (QED) is 0.297. The van der Waals surface area contributed by atoms with Gasteiger partial charge in [0.15, 0.2) is 0 Å².